The van der Waals surface area contributed by atoms with Crippen molar-refractivity contribution in [3.05, 3.63) is 28.8 Å². The Morgan fingerprint density at radius 2 is 1.66 bits per heavy atom. The monoisotopic (exact) mass is 406 g/mol. The zero-order chi connectivity index (χ0) is 22.6. The number of aryl methyl sites for hydroxylation is 2. The Balaban J connectivity index is 3.10. The summed E-state index contributed by atoms with van der Waals surface area (Å²) < 4.78 is 10.8. The minimum absolute atomic E-state index is 0.104. The molecule has 0 heterocycles. The van der Waals surface area contributed by atoms with Gasteiger partial charge in [0.15, 0.2) is 0 Å². The zero-order valence-corrected chi connectivity index (χ0v) is 19.0. The van der Waals surface area contributed by atoms with E-state index in [1.165, 1.54) is 6.92 Å². The fraction of sp³-hybridized carbons (Fsp3) is 0.591. The number of amides is 2. The van der Waals surface area contributed by atoms with Crippen LogP contribution in [0.25, 0.3) is 0 Å². The van der Waals surface area contributed by atoms with E-state index in [1.54, 1.807) is 33.9 Å². The van der Waals surface area contributed by atoms with Crippen LogP contribution in [0.4, 0.5) is 4.79 Å². The minimum atomic E-state index is -0.902. The van der Waals surface area contributed by atoms with E-state index in [1.807, 2.05) is 33.8 Å². The molecular weight excluding hydrogens is 372 g/mol. The van der Waals surface area contributed by atoms with Gasteiger partial charge in [-0.1, -0.05) is 19.9 Å². The van der Waals surface area contributed by atoms with Crippen molar-refractivity contribution in [2.45, 2.75) is 78.9 Å². The minimum Gasteiger partial charge on any atom is -0.444 e. The number of esters is 1. The molecule has 2 N–H and O–H groups in total. The molecule has 1 unspecified atom stereocenters. The van der Waals surface area contributed by atoms with Crippen LogP contribution < -0.4 is 15.4 Å². The normalized spacial score (nSPS) is 12.7. The van der Waals surface area contributed by atoms with Crippen LogP contribution in [0.1, 0.15) is 64.7 Å². The van der Waals surface area contributed by atoms with Crippen molar-refractivity contribution in [1.82, 2.24) is 10.6 Å². The SMILES string of the molecule is CNC(=O)CC(C)(C)c1c(C)cc(C)cc1OC(=O)C(C)NC(=O)OC(C)(C)C. The molecule has 0 saturated heterocycles. The second-order valence-corrected chi connectivity index (χ2v) is 8.98. The smallest absolute Gasteiger partial charge is 0.408 e. The van der Waals surface area contributed by atoms with E-state index in [0.29, 0.717) is 5.75 Å². The van der Waals surface area contributed by atoms with Gasteiger partial charge < -0.3 is 20.1 Å². The molecule has 0 spiro atoms. The van der Waals surface area contributed by atoms with Crippen molar-refractivity contribution in [2.24, 2.45) is 0 Å². The molecule has 0 aliphatic heterocycles. The average Bonchev–Trinajstić information content (AvgIpc) is 2.50. The molecule has 0 saturated carbocycles. The maximum Gasteiger partial charge on any atom is 0.408 e. The number of benzene rings is 1. The zero-order valence-electron chi connectivity index (χ0n) is 19.0. The third-order valence-electron chi connectivity index (χ3n) is 4.30. The molecule has 29 heavy (non-hydrogen) atoms. The van der Waals surface area contributed by atoms with Gasteiger partial charge in [0.05, 0.1) is 0 Å². The van der Waals surface area contributed by atoms with Crippen molar-refractivity contribution in [3.63, 3.8) is 0 Å². The summed E-state index contributed by atoms with van der Waals surface area (Å²) in [7, 11) is 1.59. The van der Waals surface area contributed by atoms with Crippen LogP contribution in [0.3, 0.4) is 0 Å². The lowest BCUT2D eigenvalue weighted by atomic mass is 9.78. The van der Waals surface area contributed by atoms with Crippen molar-refractivity contribution in [3.8, 4) is 5.75 Å². The Labute approximate surface area is 173 Å². The number of carbonyl (C=O) groups is 3. The summed E-state index contributed by atoms with van der Waals surface area (Å²) >= 11 is 0. The van der Waals surface area contributed by atoms with Crippen LogP contribution in [0, 0.1) is 13.8 Å². The third kappa shape index (κ3) is 7.40. The topological polar surface area (TPSA) is 93.7 Å². The van der Waals surface area contributed by atoms with Gasteiger partial charge in [-0.2, -0.15) is 0 Å². The number of rotatable bonds is 6. The highest BCUT2D eigenvalue weighted by molar-refractivity contribution is 5.83. The predicted molar refractivity (Wildman–Crippen MR) is 112 cm³/mol. The molecule has 0 fully saturated rings. The Bertz CT molecular complexity index is 778. The molecule has 162 valence electrons. The molecule has 0 aliphatic carbocycles. The van der Waals surface area contributed by atoms with E-state index in [0.717, 1.165) is 16.7 Å². The fourth-order valence-corrected chi connectivity index (χ4v) is 3.19. The van der Waals surface area contributed by atoms with Crippen LogP contribution in [0.5, 0.6) is 5.75 Å². The molecule has 0 bridgehead atoms. The molecule has 7 heteroatoms. The van der Waals surface area contributed by atoms with Gasteiger partial charge in [-0.3, -0.25) is 4.79 Å². The second kappa shape index (κ2) is 9.29. The van der Waals surface area contributed by atoms with Gasteiger partial charge in [-0.25, -0.2) is 9.59 Å². The van der Waals surface area contributed by atoms with Crippen molar-refractivity contribution in [2.75, 3.05) is 7.05 Å². The number of hydrogen-bond donors (Lipinski definition) is 2. The first-order valence-electron chi connectivity index (χ1n) is 9.70. The lowest BCUT2D eigenvalue weighted by Crippen LogP contribution is -2.43. The summed E-state index contributed by atoms with van der Waals surface area (Å²) in [6, 6.07) is 2.85. The van der Waals surface area contributed by atoms with Crippen LogP contribution in [-0.2, 0) is 19.7 Å². The standard InChI is InChI=1S/C22H34N2O5/c1-13-10-14(2)18(22(7,8)12-17(25)23-9)16(11-13)28-19(26)15(3)24-20(27)29-21(4,5)6/h10-11,15H,12H2,1-9H3,(H,23,25)(H,24,27). The van der Waals surface area contributed by atoms with Gasteiger partial charge in [-0.05, 0) is 58.7 Å². The van der Waals surface area contributed by atoms with E-state index in [-0.39, 0.29) is 12.3 Å². The first-order valence-corrected chi connectivity index (χ1v) is 9.70. The quantitative estimate of drug-likeness (QED) is 0.557. The van der Waals surface area contributed by atoms with Crippen LogP contribution in [-0.4, -0.2) is 36.7 Å². The summed E-state index contributed by atoms with van der Waals surface area (Å²) in [6.45, 7) is 14.4. The van der Waals surface area contributed by atoms with E-state index < -0.39 is 29.1 Å². The number of hydrogen-bond acceptors (Lipinski definition) is 5. The van der Waals surface area contributed by atoms with Gasteiger partial charge in [0, 0.05) is 24.4 Å². The van der Waals surface area contributed by atoms with Gasteiger partial charge in [0.1, 0.15) is 17.4 Å². The summed E-state index contributed by atoms with van der Waals surface area (Å²) in [4.78, 5) is 36.5. The van der Waals surface area contributed by atoms with E-state index >= 15 is 0 Å². The van der Waals surface area contributed by atoms with Gasteiger partial charge in [0.2, 0.25) is 5.91 Å². The number of carbonyl (C=O) groups excluding carboxylic acids is 3. The number of alkyl carbamates (subject to hydrolysis) is 1. The van der Waals surface area contributed by atoms with Crippen LogP contribution in [0.15, 0.2) is 12.1 Å². The number of ether oxygens (including phenoxy) is 2. The average molecular weight is 407 g/mol. The largest absolute Gasteiger partial charge is 0.444 e. The van der Waals surface area contributed by atoms with Crippen LogP contribution in [0.2, 0.25) is 0 Å². The van der Waals surface area contributed by atoms with Crippen LogP contribution >= 0.6 is 0 Å². The molecule has 2 amide bonds. The molecule has 1 aromatic carbocycles. The molecule has 1 atom stereocenters. The molecule has 7 nitrogen and oxygen atoms in total. The van der Waals surface area contributed by atoms with Gasteiger partial charge in [0.25, 0.3) is 0 Å². The molecule has 1 aromatic rings. The van der Waals surface area contributed by atoms with Gasteiger partial charge >= 0.3 is 12.1 Å². The fourth-order valence-electron chi connectivity index (χ4n) is 3.19. The van der Waals surface area contributed by atoms with Crippen molar-refractivity contribution >= 4 is 18.0 Å². The lowest BCUT2D eigenvalue weighted by molar-refractivity contribution is -0.136. The predicted octanol–water partition coefficient (Wildman–Crippen LogP) is 3.54. The second-order valence-electron chi connectivity index (χ2n) is 8.98. The van der Waals surface area contributed by atoms with Crippen molar-refractivity contribution < 1.29 is 23.9 Å². The Morgan fingerprint density at radius 1 is 1.07 bits per heavy atom. The lowest BCUT2D eigenvalue weighted by Gasteiger charge is -2.29. The van der Waals surface area contributed by atoms with E-state index in [4.69, 9.17) is 9.47 Å². The maximum atomic E-state index is 12.6. The Morgan fingerprint density at radius 3 is 2.17 bits per heavy atom. The summed E-state index contributed by atoms with van der Waals surface area (Å²) in [6.07, 6.45) is -0.452. The van der Waals surface area contributed by atoms with E-state index in [9.17, 15) is 14.4 Å². The Kier molecular flexibility index (Phi) is 7.83. The number of nitrogens with one attached hydrogen (secondary N) is 2. The first-order chi connectivity index (χ1) is 13.2. The Hall–Kier alpha value is -2.57. The van der Waals surface area contributed by atoms with E-state index in [2.05, 4.69) is 10.6 Å². The summed E-state index contributed by atoms with van der Waals surface area (Å²) in [5.41, 5.74) is 1.41. The molecule has 0 aliphatic rings. The summed E-state index contributed by atoms with van der Waals surface area (Å²) in [5, 5.41) is 5.12. The molecule has 1 rings (SSSR count). The molecule has 0 radical (unpaired) electrons. The highest BCUT2D eigenvalue weighted by atomic mass is 16.6. The molecular formula is C22H34N2O5. The van der Waals surface area contributed by atoms with Crippen molar-refractivity contribution in [1.29, 1.82) is 0 Å². The van der Waals surface area contributed by atoms with Gasteiger partial charge in [-0.15, -0.1) is 0 Å². The summed E-state index contributed by atoms with van der Waals surface area (Å²) in [5.74, 6) is -0.329. The maximum absolute atomic E-state index is 12.6. The molecule has 0 aromatic heterocycles. The third-order valence-corrected chi connectivity index (χ3v) is 4.30. The highest BCUT2D eigenvalue weighted by Crippen LogP contribution is 2.38. The first kappa shape index (κ1) is 24.5. The highest BCUT2D eigenvalue weighted by Gasteiger charge is 2.31.